The van der Waals surface area contributed by atoms with E-state index >= 15 is 0 Å². The largest absolute Gasteiger partial charge is 0.480 e. The Hall–Kier alpha value is -0.610. The molecule has 86 valence electrons. The van der Waals surface area contributed by atoms with Gasteiger partial charge in [-0.15, -0.1) is 0 Å². The molecule has 1 aliphatic carbocycles. The van der Waals surface area contributed by atoms with Crippen LogP contribution < -0.4 is 5.73 Å². The van der Waals surface area contributed by atoms with E-state index in [1.54, 1.807) is 0 Å². The zero-order valence-electron chi connectivity index (χ0n) is 8.95. The highest BCUT2D eigenvalue weighted by Crippen LogP contribution is 2.47. The van der Waals surface area contributed by atoms with Crippen molar-refractivity contribution >= 4 is 5.97 Å². The molecule has 1 saturated carbocycles. The average Bonchev–Trinajstić information content (AvgIpc) is 2.63. The van der Waals surface area contributed by atoms with Gasteiger partial charge in [0.25, 0.3) is 0 Å². The highest BCUT2D eigenvalue weighted by Gasteiger charge is 2.47. The minimum atomic E-state index is -0.890. The van der Waals surface area contributed by atoms with E-state index in [1.165, 1.54) is 25.7 Å². The molecule has 15 heavy (non-hydrogen) atoms. The zero-order valence-corrected chi connectivity index (χ0v) is 8.95. The van der Waals surface area contributed by atoms with Crippen LogP contribution in [0.4, 0.5) is 0 Å². The predicted molar refractivity (Wildman–Crippen MR) is 55.4 cm³/mol. The molecule has 1 atom stereocenters. The lowest BCUT2D eigenvalue weighted by molar-refractivity contribution is -0.160. The minimum absolute atomic E-state index is 0.0777. The Bertz CT molecular complexity index is 244. The number of hydrogen-bond acceptors (Lipinski definition) is 3. The normalized spacial score (nSPS) is 27.3. The summed E-state index contributed by atoms with van der Waals surface area (Å²) in [6.45, 7) is 1.41. The van der Waals surface area contributed by atoms with Crippen LogP contribution in [0.1, 0.15) is 32.1 Å². The van der Waals surface area contributed by atoms with Crippen molar-refractivity contribution in [3.05, 3.63) is 0 Å². The molecule has 1 heterocycles. The van der Waals surface area contributed by atoms with Gasteiger partial charge in [-0.05, 0) is 25.2 Å². The number of carboxylic acids is 1. The summed E-state index contributed by atoms with van der Waals surface area (Å²) < 4.78 is 5.28. The molecule has 4 heteroatoms. The molecule has 0 radical (unpaired) electrons. The summed E-state index contributed by atoms with van der Waals surface area (Å²) in [4.78, 5) is 10.8. The van der Waals surface area contributed by atoms with E-state index in [2.05, 4.69) is 0 Å². The van der Waals surface area contributed by atoms with Crippen molar-refractivity contribution in [2.45, 2.75) is 38.1 Å². The molecular weight excluding hydrogens is 194 g/mol. The van der Waals surface area contributed by atoms with Crippen molar-refractivity contribution in [2.75, 3.05) is 13.2 Å². The molecule has 0 bridgehead atoms. The highest BCUT2D eigenvalue weighted by atomic mass is 16.5. The molecule has 2 rings (SSSR count). The molecule has 3 N–H and O–H groups in total. The Kier molecular flexibility index (Phi) is 2.98. The quantitative estimate of drug-likeness (QED) is 0.730. The topological polar surface area (TPSA) is 72.5 Å². The van der Waals surface area contributed by atoms with E-state index in [9.17, 15) is 4.79 Å². The molecule has 0 amide bonds. The fraction of sp³-hybridized carbons (Fsp3) is 0.909. The van der Waals surface area contributed by atoms with Crippen LogP contribution in [0.15, 0.2) is 0 Å². The lowest BCUT2D eigenvalue weighted by Gasteiger charge is -2.47. The second-order valence-electron chi connectivity index (χ2n) is 4.99. The van der Waals surface area contributed by atoms with Crippen molar-refractivity contribution in [1.82, 2.24) is 0 Å². The number of carbonyl (C=O) groups is 1. The van der Waals surface area contributed by atoms with E-state index in [-0.39, 0.29) is 5.41 Å². The molecule has 1 aliphatic heterocycles. The molecule has 4 nitrogen and oxygen atoms in total. The van der Waals surface area contributed by atoms with Crippen LogP contribution in [-0.2, 0) is 9.53 Å². The van der Waals surface area contributed by atoms with E-state index in [0.29, 0.717) is 25.6 Å². The van der Waals surface area contributed by atoms with Crippen molar-refractivity contribution in [3.8, 4) is 0 Å². The number of rotatable bonds is 4. The van der Waals surface area contributed by atoms with Crippen LogP contribution in [0, 0.1) is 11.3 Å². The van der Waals surface area contributed by atoms with Gasteiger partial charge in [0.15, 0.2) is 0 Å². The van der Waals surface area contributed by atoms with Gasteiger partial charge in [-0.2, -0.15) is 0 Å². The molecule has 0 aromatic rings. The third kappa shape index (κ3) is 2.01. The fourth-order valence-electron chi connectivity index (χ4n) is 2.95. The Morgan fingerprint density at radius 3 is 2.47 bits per heavy atom. The van der Waals surface area contributed by atoms with Gasteiger partial charge in [-0.3, -0.25) is 4.79 Å². The third-order valence-corrected chi connectivity index (χ3v) is 3.94. The molecule has 0 aromatic carbocycles. The highest BCUT2D eigenvalue weighted by molar-refractivity contribution is 5.73. The van der Waals surface area contributed by atoms with Crippen LogP contribution in [-0.4, -0.2) is 30.3 Å². The maximum absolute atomic E-state index is 10.8. The Balaban J connectivity index is 1.98. The number of aliphatic carboxylic acids is 1. The van der Waals surface area contributed by atoms with E-state index in [1.807, 2.05) is 0 Å². The summed E-state index contributed by atoms with van der Waals surface area (Å²) in [6.07, 6.45) is 5.56. The van der Waals surface area contributed by atoms with E-state index < -0.39 is 12.0 Å². The molecular formula is C11H19NO3. The summed E-state index contributed by atoms with van der Waals surface area (Å²) in [7, 11) is 0. The second kappa shape index (κ2) is 4.10. The summed E-state index contributed by atoms with van der Waals surface area (Å²) in [5.41, 5.74) is 5.70. The van der Waals surface area contributed by atoms with Crippen molar-refractivity contribution < 1.29 is 14.6 Å². The fourth-order valence-corrected chi connectivity index (χ4v) is 2.95. The average molecular weight is 213 g/mol. The van der Waals surface area contributed by atoms with Gasteiger partial charge in [-0.1, -0.05) is 12.8 Å². The van der Waals surface area contributed by atoms with Crippen LogP contribution >= 0.6 is 0 Å². The predicted octanol–water partition coefficient (Wildman–Crippen LogP) is 0.995. The first-order chi connectivity index (χ1) is 7.14. The molecule has 2 fully saturated rings. The molecule has 0 spiro atoms. The third-order valence-electron chi connectivity index (χ3n) is 3.94. The van der Waals surface area contributed by atoms with Crippen molar-refractivity contribution in [1.29, 1.82) is 0 Å². The van der Waals surface area contributed by atoms with Gasteiger partial charge < -0.3 is 15.6 Å². The summed E-state index contributed by atoms with van der Waals surface area (Å²) in [6, 6.07) is -0.727. The van der Waals surface area contributed by atoms with Crippen LogP contribution in [0.2, 0.25) is 0 Å². The lowest BCUT2D eigenvalue weighted by atomic mass is 9.69. The maximum Gasteiger partial charge on any atom is 0.320 e. The van der Waals surface area contributed by atoms with Crippen LogP contribution in [0.5, 0.6) is 0 Å². The lowest BCUT2D eigenvalue weighted by Crippen LogP contribution is -2.52. The SMILES string of the molecule is NC(CC1(C2CCCC2)COC1)C(=O)O. The van der Waals surface area contributed by atoms with E-state index in [4.69, 9.17) is 15.6 Å². The minimum Gasteiger partial charge on any atom is -0.480 e. The van der Waals surface area contributed by atoms with Crippen LogP contribution in [0.25, 0.3) is 0 Å². The van der Waals surface area contributed by atoms with Crippen molar-refractivity contribution in [3.63, 3.8) is 0 Å². The molecule has 1 unspecified atom stereocenters. The second-order valence-corrected chi connectivity index (χ2v) is 4.99. The van der Waals surface area contributed by atoms with E-state index in [0.717, 1.165) is 0 Å². The molecule has 2 aliphatic rings. The van der Waals surface area contributed by atoms with Gasteiger partial charge in [0.1, 0.15) is 6.04 Å². The Morgan fingerprint density at radius 2 is 2.07 bits per heavy atom. The van der Waals surface area contributed by atoms with Gasteiger partial charge in [-0.25, -0.2) is 0 Å². The van der Waals surface area contributed by atoms with Gasteiger partial charge in [0, 0.05) is 5.41 Å². The monoisotopic (exact) mass is 213 g/mol. The number of hydrogen-bond donors (Lipinski definition) is 2. The Morgan fingerprint density at radius 1 is 1.47 bits per heavy atom. The number of carboxylic acid groups (broad SMARTS) is 1. The Labute approximate surface area is 89.8 Å². The number of nitrogens with two attached hydrogens (primary N) is 1. The van der Waals surface area contributed by atoms with Gasteiger partial charge in [0.2, 0.25) is 0 Å². The zero-order chi connectivity index (χ0) is 10.9. The summed E-state index contributed by atoms with van der Waals surface area (Å²) in [5, 5.41) is 8.84. The van der Waals surface area contributed by atoms with Gasteiger partial charge >= 0.3 is 5.97 Å². The molecule has 0 aromatic heterocycles. The summed E-state index contributed by atoms with van der Waals surface area (Å²) >= 11 is 0. The molecule has 1 saturated heterocycles. The number of ether oxygens (including phenoxy) is 1. The first kappa shape index (κ1) is 10.9. The summed E-state index contributed by atoms with van der Waals surface area (Å²) in [5.74, 6) is -0.254. The first-order valence-corrected chi connectivity index (χ1v) is 5.70. The van der Waals surface area contributed by atoms with Crippen molar-refractivity contribution in [2.24, 2.45) is 17.1 Å². The van der Waals surface area contributed by atoms with Gasteiger partial charge in [0.05, 0.1) is 13.2 Å². The standard InChI is InChI=1S/C11H19NO3/c12-9(10(13)14)5-11(6-15-7-11)8-3-1-2-4-8/h8-9H,1-7,12H2,(H,13,14). The maximum atomic E-state index is 10.8. The first-order valence-electron chi connectivity index (χ1n) is 5.70. The van der Waals surface area contributed by atoms with Crippen LogP contribution in [0.3, 0.4) is 0 Å². The smallest absolute Gasteiger partial charge is 0.320 e.